The van der Waals surface area contributed by atoms with Crippen molar-refractivity contribution in [2.24, 2.45) is 5.73 Å². The van der Waals surface area contributed by atoms with Crippen LogP contribution in [-0.2, 0) is 9.09 Å². The van der Waals surface area contributed by atoms with Crippen molar-refractivity contribution < 1.29 is 18.9 Å². The third kappa shape index (κ3) is 43.1. The van der Waals surface area contributed by atoms with Crippen LogP contribution in [0.1, 0.15) is 195 Å². The molecule has 0 spiro atoms. The van der Waals surface area contributed by atoms with Crippen LogP contribution in [0.4, 0.5) is 0 Å². The lowest BCUT2D eigenvalue weighted by Gasteiger charge is -2.17. The number of unbranched alkanes of at least 4 members (excludes halogenated alkanes) is 23. The molecule has 5 nitrogen and oxygen atoms in total. The summed E-state index contributed by atoms with van der Waals surface area (Å²) in [6.07, 6.45) is 34.4. The third-order valence-corrected chi connectivity index (χ3v) is 7.70. The molecule has 0 aromatic carbocycles. The second-order valence-electron chi connectivity index (χ2n) is 12.2. The Morgan fingerprint density at radius 3 is 1.05 bits per heavy atom. The maximum atomic E-state index is 10.5. The van der Waals surface area contributed by atoms with Gasteiger partial charge in [0.05, 0.1) is 6.61 Å². The molecule has 0 saturated heterocycles. The van der Waals surface area contributed by atoms with E-state index >= 15 is 0 Å². The maximum Gasteiger partial charge on any atom is 0.469 e. The van der Waals surface area contributed by atoms with Crippen molar-refractivity contribution in [3.63, 3.8) is 0 Å². The van der Waals surface area contributed by atoms with E-state index in [0.29, 0.717) is 0 Å². The second-order valence-corrected chi connectivity index (χ2v) is 13.4. The first-order valence-corrected chi connectivity index (χ1v) is 18.1. The molecule has 6 heteroatoms. The van der Waals surface area contributed by atoms with Crippen molar-refractivity contribution in [1.82, 2.24) is 0 Å². The number of phosphoric ester groups is 1. The van der Waals surface area contributed by atoms with Crippen LogP contribution in [0.25, 0.3) is 0 Å². The van der Waals surface area contributed by atoms with Crippen molar-refractivity contribution in [3.05, 3.63) is 0 Å². The van der Waals surface area contributed by atoms with Crippen LogP contribution in [0.5, 0.6) is 0 Å². The van der Waals surface area contributed by atoms with Crippen LogP contribution in [0.2, 0.25) is 0 Å². The maximum absolute atomic E-state index is 10.5. The van der Waals surface area contributed by atoms with Gasteiger partial charge >= 0.3 is 7.82 Å². The number of nitrogens with two attached hydrogens (primary N) is 1. The summed E-state index contributed by atoms with van der Waals surface area (Å²) in [4.78, 5) is 17.1. The number of phosphoric acid groups is 1. The van der Waals surface area contributed by atoms with Crippen molar-refractivity contribution in [2.75, 3.05) is 6.61 Å². The third-order valence-electron chi connectivity index (χ3n) is 7.18. The Balaban J connectivity index is 0. The minimum Gasteiger partial charge on any atom is -0.326 e. The average molecular weight is 564 g/mol. The molecule has 0 bridgehead atoms. The molecule has 0 aliphatic carbocycles. The number of hydrogen-bond donors (Lipinski definition) is 3. The van der Waals surface area contributed by atoms with Crippen LogP contribution in [-0.4, -0.2) is 21.9 Å². The van der Waals surface area contributed by atoms with Gasteiger partial charge in [-0.05, 0) is 26.7 Å². The second kappa shape index (κ2) is 30.0. The van der Waals surface area contributed by atoms with Crippen LogP contribution >= 0.6 is 7.82 Å². The van der Waals surface area contributed by atoms with Gasteiger partial charge < -0.3 is 15.5 Å². The summed E-state index contributed by atoms with van der Waals surface area (Å²) >= 11 is 0. The van der Waals surface area contributed by atoms with E-state index in [-0.39, 0.29) is 12.1 Å². The highest BCUT2D eigenvalue weighted by atomic mass is 31.2. The summed E-state index contributed by atoms with van der Waals surface area (Å²) in [5, 5.41) is 0. The SMILES string of the molecule is CCCCCCCCCCCC(C)(C)N.CCCCCCCCCCCCCCCCCCOP(=O)(O)O. The highest BCUT2D eigenvalue weighted by Crippen LogP contribution is 2.35. The van der Waals surface area contributed by atoms with Crippen molar-refractivity contribution in [3.8, 4) is 0 Å². The van der Waals surface area contributed by atoms with Gasteiger partial charge in [-0.25, -0.2) is 4.57 Å². The summed E-state index contributed by atoms with van der Waals surface area (Å²) in [5.74, 6) is 0. The zero-order valence-corrected chi connectivity index (χ0v) is 27.2. The fraction of sp³-hybridized carbons (Fsp3) is 1.00. The quantitative estimate of drug-likeness (QED) is 0.0650. The number of hydrogen-bond acceptors (Lipinski definition) is 3. The lowest BCUT2D eigenvalue weighted by atomic mass is 9.97. The van der Waals surface area contributed by atoms with E-state index in [2.05, 4.69) is 32.2 Å². The molecule has 0 aromatic rings. The molecule has 0 rings (SSSR count). The highest BCUT2D eigenvalue weighted by Gasteiger charge is 2.12. The zero-order chi connectivity index (χ0) is 28.8. The summed E-state index contributed by atoms with van der Waals surface area (Å²) in [5.41, 5.74) is 5.97. The van der Waals surface area contributed by atoms with E-state index in [1.165, 1.54) is 148 Å². The monoisotopic (exact) mass is 564 g/mol. The standard InChI is InChI=1S/C18H39O4P.C14H31N/c1-2-3-4-5-6-7-8-9-10-11-12-13-14-15-16-17-18-22-23(19,20)21;1-4-5-6-7-8-9-10-11-12-13-14(2,3)15/h2-18H2,1H3,(H2,19,20,21);4-13,15H2,1-3H3. The molecule has 0 aliphatic heterocycles. The lowest BCUT2D eigenvalue weighted by molar-refractivity contribution is 0.193. The Labute approximate surface area is 239 Å². The van der Waals surface area contributed by atoms with Gasteiger partial charge in [0, 0.05) is 5.54 Å². The molecule has 0 radical (unpaired) electrons. The molecule has 0 unspecified atom stereocenters. The van der Waals surface area contributed by atoms with Crippen LogP contribution in [0.3, 0.4) is 0 Å². The average Bonchev–Trinajstić information content (AvgIpc) is 2.84. The van der Waals surface area contributed by atoms with Crippen LogP contribution in [0.15, 0.2) is 0 Å². The minimum atomic E-state index is -4.26. The molecule has 0 aliphatic rings. The van der Waals surface area contributed by atoms with Gasteiger partial charge in [0.25, 0.3) is 0 Å². The first-order valence-electron chi connectivity index (χ1n) is 16.6. The van der Waals surface area contributed by atoms with Crippen molar-refractivity contribution in [1.29, 1.82) is 0 Å². The normalized spacial score (nSPS) is 12.0. The highest BCUT2D eigenvalue weighted by molar-refractivity contribution is 7.46. The summed E-state index contributed by atoms with van der Waals surface area (Å²) < 4.78 is 14.9. The Bertz CT molecular complexity index is 490. The number of rotatable bonds is 28. The lowest BCUT2D eigenvalue weighted by Crippen LogP contribution is -2.31. The van der Waals surface area contributed by atoms with E-state index in [4.69, 9.17) is 15.5 Å². The minimum absolute atomic E-state index is 0.0428. The van der Waals surface area contributed by atoms with E-state index < -0.39 is 7.82 Å². The van der Waals surface area contributed by atoms with Gasteiger partial charge in [0.1, 0.15) is 0 Å². The summed E-state index contributed by atoms with van der Waals surface area (Å²) in [6.45, 7) is 8.95. The van der Waals surface area contributed by atoms with Crippen molar-refractivity contribution in [2.45, 2.75) is 200 Å². The first kappa shape index (κ1) is 40.2. The van der Waals surface area contributed by atoms with Crippen molar-refractivity contribution >= 4 is 7.82 Å². The molecule has 0 atom stereocenters. The summed E-state index contributed by atoms with van der Waals surface area (Å²) in [6, 6.07) is 0. The van der Waals surface area contributed by atoms with E-state index in [0.717, 1.165) is 19.3 Å². The molecule has 0 amide bonds. The Morgan fingerprint density at radius 2 is 0.789 bits per heavy atom. The fourth-order valence-corrected chi connectivity index (χ4v) is 5.09. The first-order chi connectivity index (χ1) is 18.1. The molecule has 0 saturated carbocycles. The molecule has 0 heterocycles. The largest absolute Gasteiger partial charge is 0.469 e. The Kier molecular flexibility index (Phi) is 31.8. The molecule has 38 heavy (non-hydrogen) atoms. The van der Waals surface area contributed by atoms with Gasteiger partial charge in [-0.2, -0.15) is 0 Å². The van der Waals surface area contributed by atoms with E-state index in [1.54, 1.807) is 0 Å². The molecular formula is C32H70NO4P. The smallest absolute Gasteiger partial charge is 0.326 e. The zero-order valence-electron chi connectivity index (χ0n) is 26.3. The summed E-state index contributed by atoms with van der Waals surface area (Å²) in [7, 11) is -4.26. The molecular weight excluding hydrogens is 493 g/mol. The van der Waals surface area contributed by atoms with Gasteiger partial charge in [-0.15, -0.1) is 0 Å². The van der Waals surface area contributed by atoms with Crippen LogP contribution in [0, 0.1) is 0 Å². The predicted octanol–water partition coefficient (Wildman–Crippen LogP) is 11.0. The predicted molar refractivity (Wildman–Crippen MR) is 168 cm³/mol. The van der Waals surface area contributed by atoms with Crippen LogP contribution < -0.4 is 5.73 Å². The van der Waals surface area contributed by atoms with Gasteiger partial charge in [-0.1, -0.05) is 168 Å². The van der Waals surface area contributed by atoms with Gasteiger partial charge in [-0.3, -0.25) is 4.52 Å². The van der Waals surface area contributed by atoms with E-state index in [1.807, 2.05) is 0 Å². The molecule has 0 fully saturated rings. The van der Waals surface area contributed by atoms with Gasteiger partial charge in [0.15, 0.2) is 0 Å². The molecule has 232 valence electrons. The molecule has 0 aromatic heterocycles. The fourth-order valence-electron chi connectivity index (χ4n) is 4.72. The van der Waals surface area contributed by atoms with E-state index in [9.17, 15) is 4.57 Å². The Morgan fingerprint density at radius 1 is 0.526 bits per heavy atom. The molecule has 4 N–H and O–H groups in total. The van der Waals surface area contributed by atoms with Gasteiger partial charge in [0.2, 0.25) is 0 Å². The topological polar surface area (TPSA) is 92.8 Å². The Hall–Kier alpha value is 0.0700.